The van der Waals surface area contributed by atoms with Crippen LogP contribution in [0.4, 0.5) is 5.69 Å². The highest BCUT2D eigenvalue weighted by molar-refractivity contribution is 7.99. The van der Waals surface area contributed by atoms with Crippen molar-refractivity contribution in [3.63, 3.8) is 0 Å². The average molecular weight is 335 g/mol. The van der Waals surface area contributed by atoms with Crippen LogP contribution in [-0.2, 0) is 6.54 Å². The monoisotopic (exact) mass is 335 g/mol. The lowest BCUT2D eigenvalue weighted by Crippen LogP contribution is -2.08. The molecule has 0 atom stereocenters. The fraction of sp³-hybridized carbons (Fsp3) is 0.167. The van der Waals surface area contributed by atoms with Crippen LogP contribution in [0.25, 0.3) is 5.69 Å². The van der Waals surface area contributed by atoms with E-state index in [9.17, 15) is 0 Å². The standard InChI is InChI=1S/C18H17N5S/c1-14-6-5-7-15(12-14)20-13-17-21-22-18(24-11-10-19)23(17)16-8-3-2-4-9-16/h2-9,12,20H,11,13H2,1H3. The van der Waals surface area contributed by atoms with E-state index in [1.54, 1.807) is 0 Å². The van der Waals surface area contributed by atoms with Crippen LogP contribution in [0.15, 0.2) is 59.8 Å². The molecule has 0 fully saturated rings. The van der Waals surface area contributed by atoms with Gasteiger partial charge in [-0.2, -0.15) is 5.26 Å². The zero-order chi connectivity index (χ0) is 16.8. The number of aromatic nitrogens is 3. The Morgan fingerprint density at radius 3 is 2.71 bits per heavy atom. The summed E-state index contributed by atoms with van der Waals surface area (Å²) in [7, 11) is 0. The zero-order valence-electron chi connectivity index (χ0n) is 13.3. The number of nitrogens with zero attached hydrogens (tertiary/aromatic N) is 4. The second-order valence-corrected chi connectivity index (χ2v) is 6.18. The van der Waals surface area contributed by atoms with Crippen LogP contribution >= 0.6 is 11.8 Å². The molecule has 0 aliphatic rings. The third kappa shape index (κ3) is 3.76. The van der Waals surface area contributed by atoms with Gasteiger partial charge in [0, 0.05) is 11.4 Å². The summed E-state index contributed by atoms with van der Waals surface area (Å²) in [5.74, 6) is 1.15. The van der Waals surface area contributed by atoms with Gasteiger partial charge in [0.15, 0.2) is 11.0 Å². The molecule has 24 heavy (non-hydrogen) atoms. The molecule has 5 nitrogen and oxygen atoms in total. The van der Waals surface area contributed by atoms with Gasteiger partial charge < -0.3 is 5.32 Å². The van der Waals surface area contributed by atoms with Gasteiger partial charge in [0.05, 0.1) is 18.4 Å². The van der Waals surface area contributed by atoms with Crippen molar-refractivity contribution in [1.29, 1.82) is 5.26 Å². The smallest absolute Gasteiger partial charge is 0.196 e. The van der Waals surface area contributed by atoms with Crippen LogP contribution < -0.4 is 5.32 Å². The van der Waals surface area contributed by atoms with Crippen molar-refractivity contribution < 1.29 is 0 Å². The first kappa shape index (κ1) is 16.1. The first-order valence-electron chi connectivity index (χ1n) is 7.58. The molecular formula is C18H17N5S. The molecule has 1 N–H and O–H groups in total. The second kappa shape index (κ2) is 7.66. The Bertz CT molecular complexity index is 851. The second-order valence-electron chi connectivity index (χ2n) is 5.24. The van der Waals surface area contributed by atoms with Crippen LogP contribution in [-0.4, -0.2) is 20.5 Å². The first-order valence-corrected chi connectivity index (χ1v) is 8.56. The van der Waals surface area contributed by atoms with E-state index < -0.39 is 0 Å². The number of benzene rings is 2. The minimum atomic E-state index is 0.344. The third-order valence-corrected chi connectivity index (χ3v) is 4.25. The number of hydrogen-bond donors (Lipinski definition) is 1. The quantitative estimate of drug-likeness (QED) is 0.694. The van der Waals surface area contributed by atoms with Gasteiger partial charge in [0.1, 0.15) is 0 Å². The molecule has 0 saturated heterocycles. The summed E-state index contributed by atoms with van der Waals surface area (Å²) in [5, 5.41) is 21.5. The largest absolute Gasteiger partial charge is 0.378 e. The maximum Gasteiger partial charge on any atom is 0.196 e. The molecule has 120 valence electrons. The number of aryl methyl sites for hydroxylation is 1. The van der Waals surface area contributed by atoms with Crippen LogP contribution in [0.2, 0.25) is 0 Å². The molecule has 0 bridgehead atoms. The lowest BCUT2D eigenvalue weighted by atomic mass is 10.2. The van der Waals surface area contributed by atoms with Gasteiger partial charge in [-0.05, 0) is 36.8 Å². The van der Waals surface area contributed by atoms with Gasteiger partial charge in [0.2, 0.25) is 0 Å². The summed E-state index contributed by atoms with van der Waals surface area (Å²) in [6.45, 7) is 2.62. The number of rotatable bonds is 6. The molecule has 0 spiro atoms. The van der Waals surface area contributed by atoms with Gasteiger partial charge >= 0.3 is 0 Å². The van der Waals surface area contributed by atoms with Crippen LogP contribution in [0.3, 0.4) is 0 Å². The average Bonchev–Trinajstić information content (AvgIpc) is 3.02. The summed E-state index contributed by atoms with van der Waals surface area (Å²) >= 11 is 1.39. The third-order valence-electron chi connectivity index (χ3n) is 3.45. The van der Waals surface area contributed by atoms with Gasteiger partial charge in [-0.25, -0.2) is 0 Å². The molecule has 2 aromatic carbocycles. The molecular weight excluding hydrogens is 318 g/mol. The van der Waals surface area contributed by atoms with E-state index >= 15 is 0 Å². The lowest BCUT2D eigenvalue weighted by molar-refractivity contribution is 0.841. The van der Waals surface area contributed by atoms with Crippen molar-refractivity contribution in [1.82, 2.24) is 14.8 Å². The summed E-state index contributed by atoms with van der Waals surface area (Å²) in [6.07, 6.45) is 0. The molecule has 6 heteroatoms. The highest BCUT2D eigenvalue weighted by atomic mass is 32.2. The number of hydrogen-bond acceptors (Lipinski definition) is 5. The van der Waals surface area contributed by atoms with E-state index in [-0.39, 0.29) is 0 Å². The van der Waals surface area contributed by atoms with Crippen molar-refractivity contribution in [2.75, 3.05) is 11.1 Å². The topological polar surface area (TPSA) is 66.5 Å². The van der Waals surface area contributed by atoms with Gasteiger partial charge in [0.25, 0.3) is 0 Å². The van der Waals surface area contributed by atoms with E-state index in [4.69, 9.17) is 5.26 Å². The predicted molar refractivity (Wildman–Crippen MR) is 96.2 cm³/mol. The van der Waals surface area contributed by atoms with Crippen molar-refractivity contribution >= 4 is 17.4 Å². The van der Waals surface area contributed by atoms with Crippen molar-refractivity contribution in [2.24, 2.45) is 0 Å². The Labute approximate surface area is 145 Å². The number of para-hydroxylation sites is 1. The Kier molecular flexibility index (Phi) is 5.14. The van der Waals surface area contributed by atoms with E-state index in [0.717, 1.165) is 22.4 Å². The Morgan fingerprint density at radius 1 is 1.12 bits per heavy atom. The van der Waals surface area contributed by atoms with E-state index in [1.807, 2.05) is 47.0 Å². The molecule has 0 radical (unpaired) electrons. The summed E-state index contributed by atoms with van der Waals surface area (Å²) < 4.78 is 1.99. The fourth-order valence-electron chi connectivity index (χ4n) is 2.38. The molecule has 0 unspecified atom stereocenters. The number of nitriles is 1. The van der Waals surface area contributed by atoms with Crippen LogP contribution in [0, 0.1) is 18.3 Å². The normalized spacial score (nSPS) is 10.3. The molecule has 1 heterocycles. The lowest BCUT2D eigenvalue weighted by Gasteiger charge is -2.11. The molecule has 0 saturated carbocycles. The zero-order valence-corrected chi connectivity index (χ0v) is 14.1. The first-order chi connectivity index (χ1) is 11.8. The van der Waals surface area contributed by atoms with Crippen molar-refractivity contribution in [3.8, 4) is 11.8 Å². The van der Waals surface area contributed by atoms with Gasteiger partial charge in [-0.1, -0.05) is 42.1 Å². The van der Waals surface area contributed by atoms with Crippen molar-refractivity contribution in [2.45, 2.75) is 18.6 Å². The molecule has 1 aromatic heterocycles. The molecule has 0 aliphatic carbocycles. The number of nitrogens with one attached hydrogen (secondary N) is 1. The SMILES string of the molecule is Cc1cccc(NCc2nnc(SCC#N)n2-c2ccccc2)c1. The molecule has 3 aromatic rings. The number of anilines is 1. The minimum absolute atomic E-state index is 0.344. The van der Waals surface area contributed by atoms with E-state index in [1.165, 1.54) is 17.3 Å². The summed E-state index contributed by atoms with van der Waals surface area (Å²) in [4.78, 5) is 0. The highest BCUT2D eigenvalue weighted by Crippen LogP contribution is 2.22. The molecule has 3 rings (SSSR count). The molecule has 0 aliphatic heterocycles. The Morgan fingerprint density at radius 2 is 1.96 bits per heavy atom. The number of thioether (sulfide) groups is 1. The van der Waals surface area contributed by atoms with E-state index in [0.29, 0.717) is 12.3 Å². The van der Waals surface area contributed by atoms with Gasteiger partial charge in [-0.3, -0.25) is 4.57 Å². The van der Waals surface area contributed by atoms with E-state index in [2.05, 4.69) is 40.6 Å². The fourth-order valence-corrected chi connectivity index (χ4v) is 3.01. The van der Waals surface area contributed by atoms with Crippen molar-refractivity contribution in [3.05, 3.63) is 66.0 Å². The Balaban J connectivity index is 1.87. The van der Waals surface area contributed by atoms with Gasteiger partial charge in [-0.15, -0.1) is 10.2 Å². The molecule has 0 amide bonds. The highest BCUT2D eigenvalue weighted by Gasteiger charge is 2.14. The Hall–Kier alpha value is -2.78. The maximum atomic E-state index is 8.83. The van der Waals surface area contributed by atoms with Crippen LogP contribution in [0.5, 0.6) is 0 Å². The minimum Gasteiger partial charge on any atom is -0.378 e. The summed E-state index contributed by atoms with van der Waals surface area (Å²) in [5.41, 5.74) is 3.24. The predicted octanol–water partition coefficient (Wildman–Crippen LogP) is 3.80. The van der Waals surface area contributed by atoms with Crippen LogP contribution in [0.1, 0.15) is 11.4 Å². The summed E-state index contributed by atoms with van der Waals surface area (Å²) in [6, 6.07) is 20.3. The maximum absolute atomic E-state index is 8.83.